The standard InChI is InChI=1S/C21H22O6/c1-4-5-20-9-21(17(8-16(20)22)25-11-27-21)12(2)18(20)13-6-14(23-3)19-15(7-13)24-10-26-19/h4,6-8,12,18H,1,5,9-11H2,2-3H3/t12-,18-,20-,21+/m0/s1. The minimum Gasteiger partial charge on any atom is -0.493 e. The van der Waals surface area contributed by atoms with E-state index in [4.69, 9.17) is 23.7 Å². The lowest BCUT2D eigenvalue weighted by atomic mass is 9.67. The predicted octanol–water partition coefficient (Wildman–Crippen LogP) is 3.32. The van der Waals surface area contributed by atoms with E-state index in [2.05, 4.69) is 13.5 Å². The summed E-state index contributed by atoms with van der Waals surface area (Å²) < 4.78 is 28.4. The van der Waals surface area contributed by atoms with E-state index >= 15 is 0 Å². The van der Waals surface area contributed by atoms with E-state index in [1.54, 1.807) is 13.2 Å². The van der Waals surface area contributed by atoms with E-state index < -0.39 is 11.0 Å². The number of methoxy groups -OCH3 is 1. The molecule has 0 radical (unpaired) electrons. The molecule has 0 aromatic heterocycles. The van der Waals surface area contributed by atoms with Gasteiger partial charge >= 0.3 is 0 Å². The number of benzene rings is 1. The fourth-order valence-electron chi connectivity index (χ4n) is 5.53. The van der Waals surface area contributed by atoms with Crippen molar-refractivity contribution >= 4 is 5.78 Å². The molecule has 2 aliphatic carbocycles. The Kier molecular flexibility index (Phi) is 3.41. The lowest BCUT2D eigenvalue weighted by Crippen LogP contribution is -2.39. The molecule has 0 unspecified atom stereocenters. The largest absolute Gasteiger partial charge is 0.493 e. The molecule has 1 saturated heterocycles. The maximum atomic E-state index is 13.3. The fraction of sp³-hybridized carbons (Fsp3) is 0.476. The van der Waals surface area contributed by atoms with Crippen molar-refractivity contribution in [2.75, 3.05) is 20.7 Å². The van der Waals surface area contributed by atoms with Crippen molar-refractivity contribution in [1.82, 2.24) is 0 Å². The van der Waals surface area contributed by atoms with Crippen LogP contribution in [0.3, 0.4) is 0 Å². The second-order valence-electron chi connectivity index (χ2n) is 7.72. The van der Waals surface area contributed by atoms with Crippen LogP contribution in [0.1, 0.15) is 31.2 Å². The van der Waals surface area contributed by atoms with Crippen molar-refractivity contribution in [3.05, 3.63) is 42.2 Å². The third kappa shape index (κ3) is 1.96. The number of rotatable bonds is 4. The zero-order valence-corrected chi connectivity index (χ0v) is 15.4. The van der Waals surface area contributed by atoms with Gasteiger partial charge in [-0.1, -0.05) is 13.0 Å². The number of allylic oxidation sites excluding steroid dienone is 2. The number of ether oxygens (including phenoxy) is 5. The number of carbonyl (C=O) groups is 1. The first-order valence-corrected chi connectivity index (χ1v) is 9.17. The molecule has 2 fully saturated rings. The maximum Gasteiger partial charge on any atom is 0.231 e. The second-order valence-corrected chi connectivity index (χ2v) is 7.72. The van der Waals surface area contributed by atoms with Crippen LogP contribution in [0, 0.1) is 11.3 Å². The normalized spacial score (nSPS) is 35.5. The van der Waals surface area contributed by atoms with Gasteiger partial charge in [-0.2, -0.15) is 0 Å². The van der Waals surface area contributed by atoms with Crippen molar-refractivity contribution in [2.24, 2.45) is 11.3 Å². The van der Waals surface area contributed by atoms with Gasteiger partial charge in [-0.25, -0.2) is 0 Å². The van der Waals surface area contributed by atoms with Crippen LogP contribution in [0.15, 0.2) is 36.6 Å². The molecule has 1 aromatic rings. The summed E-state index contributed by atoms with van der Waals surface area (Å²) in [5.41, 5.74) is -0.191. The Hall–Kier alpha value is -2.47. The van der Waals surface area contributed by atoms with E-state index in [0.29, 0.717) is 35.8 Å². The molecular formula is C21H22O6. The Morgan fingerprint density at radius 1 is 1.30 bits per heavy atom. The lowest BCUT2D eigenvalue weighted by molar-refractivity contribution is -0.126. The molecule has 4 aliphatic rings. The van der Waals surface area contributed by atoms with Gasteiger partial charge < -0.3 is 23.7 Å². The third-order valence-electron chi connectivity index (χ3n) is 6.66. The van der Waals surface area contributed by atoms with Gasteiger partial charge in [0.25, 0.3) is 0 Å². The van der Waals surface area contributed by atoms with Gasteiger partial charge in [0.2, 0.25) is 12.5 Å². The SMILES string of the molecule is C=CC[C@]12C[C@@]3(OCOC3=CC1=O)[C@@H](C)[C@H]2c1cc(OC)c2c(c1)OCO2. The summed E-state index contributed by atoms with van der Waals surface area (Å²) in [6, 6.07) is 3.93. The molecule has 2 aliphatic heterocycles. The van der Waals surface area contributed by atoms with E-state index in [1.165, 1.54) is 0 Å². The number of hydrogen-bond acceptors (Lipinski definition) is 6. The number of carbonyl (C=O) groups excluding carboxylic acids is 1. The number of hydrogen-bond donors (Lipinski definition) is 0. The summed E-state index contributed by atoms with van der Waals surface area (Å²) in [7, 11) is 1.61. The lowest BCUT2D eigenvalue weighted by Gasteiger charge is -2.35. The van der Waals surface area contributed by atoms with E-state index in [0.717, 1.165) is 5.56 Å². The average molecular weight is 370 g/mol. The summed E-state index contributed by atoms with van der Waals surface area (Å²) in [4.78, 5) is 13.3. The second kappa shape index (κ2) is 5.52. The monoisotopic (exact) mass is 370 g/mol. The van der Waals surface area contributed by atoms with Crippen LogP contribution in [0.4, 0.5) is 0 Å². The molecule has 2 heterocycles. The third-order valence-corrected chi connectivity index (χ3v) is 6.66. The van der Waals surface area contributed by atoms with E-state index in [-0.39, 0.29) is 31.2 Å². The fourth-order valence-corrected chi connectivity index (χ4v) is 5.53. The highest BCUT2D eigenvalue weighted by molar-refractivity contribution is 5.99. The Labute approximate surface area is 157 Å². The van der Waals surface area contributed by atoms with Crippen LogP contribution in [0.5, 0.6) is 17.2 Å². The molecule has 0 N–H and O–H groups in total. The summed E-state index contributed by atoms with van der Waals surface area (Å²) in [6.45, 7) is 6.40. The topological polar surface area (TPSA) is 63.2 Å². The Balaban J connectivity index is 1.70. The molecular weight excluding hydrogens is 348 g/mol. The first kappa shape index (κ1) is 16.7. The molecule has 142 valence electrons. The van der Waals surface area contributed by atoms with Crippen LogP contribution in [0.2, 0.25) is 0 Å². The van der Waals surface area contributed by atoms with E-state index in [1.807, 2.05) is 18.2 Å². The molecule has 5 rings (SSSR count). The van der Waals surface area contributed by atoms with Gasteiger partial charge in [0.15, 0.2) is 24.1 Å². The van der Waals surface area contributed by atoms with Crippen LogP contribution in [-0.4, -0.2) is 32.1 Å². The highest BCUT2D eigenvalue weighted by Gasteiger charge is 2.68. The Morgan fingerprint density at radius 3 is 2.93 bits per heavy atom. The van der Waals surface area contributed by atoms with Gasteiger partial charge in [0, 0.05) is 23.3 Å². The average Bonchev–Trinajstić information content (AvgIpc) is 3.33. The molecule has 6 nitrogen and oxygen atoms in total. The minimum atomic E-state index is -0.614. The van der Waals surface area contributed by atoms with Gasteiger partial charge in [0.05, 0.1) is 7.11 Å². The summed E-state index contributed by atoms with van der Waals surface area (Å²) in [5.74, 6) is 2.57. The van der Waals surface area contributed by atoms with Crippen molar-refractivity contribution in [3.63, 3.8) is 0 Å². The molecule has 27 heavy (non-hydrogen) atoms. The first-order valence-electron chi connectivity index (χ1n) is 9.17. The van der Waals surface area contributed by atoms with Crippen molar-refractivity contribution in [1.29, 1.82) is 0 Å². The molecule has 0 amide bonds. The predicted molar refractivity (Wildman–Crippen MR) is 95.7 cm³/mol. The van der Waals surface area contributed by atoms with Gasteiger partial charge in [-0.15, -0.1) is 6.58 Å². The van der Waals surface area contributed by atoms with Crippen LogP contribution in [0.25, 0.3) is 0 Å². The molecule has 1 aromatic carbocycles. The Morgan fingerprint density at radius 2 is 2.15 bits per heavy atom. The van der Waals surface area contributed by atoms with Crippen molar-refractivity contribution in [2.45, 2.75) is 31.3 Å². The maximum absolute atomic E-state index is 13.3. The van der Waals surface area contributed by atoms with Crippen molar-refractivity contribution in [3.8, 4) is 17.2 Å². The molecule has 2 bridgehead atoms. The Bertz CT molecular complexity index is 874. The summed E-state index contributed by atoms with van der Waals surface area (Å²) in [5, 5.41) is 0. The molecule has 1 spiro atoms. The zero-order chi connectivity index (χ0) is 18.8. The smallest absolute Gasteiger partial charge is 0.231 e. The quantitative estimate of drug-likeness (QED) is 0.758. The highest BCUT2D eigenvalue weighted by Crippen LogP contribution is 2.67. The van der Waals surface area contributed by atoms with Crippen LogP contribution >= 0.6 is 0 Å². The number of fused-ring (bicyclic) bond motifs is 2. The molecule has 6 heteroatoms. The minimum absolute atomic E-state index is 0.0442. The van der Waals surface area contributed by atoms with Gasteiger partial charge in [-0.05, 0) is 30.5 Å². The van der Waals surface area contributed by atoms with E-state index in [9.17, 15) is 4.79 Å². The first-order chi connectivity index (χ1) is 13.1. The summed E-state index contributed by atoms with van der Waals surface area (Å²) >= 11 is 0. The highest BCUT2D eigenvalue weighted by atomic mass is 16.7. The van der Waals surface area contributed by atoms with Crippen LogP contribution in [-0.2, 0) is 14.3 Å². The van der Waals surface area contributed by atoms with Crippen molar-refractivity contribution < 1.29 is 28.5 Å². The van der Waals surface area contributed by atoms with Crippen LogP contribution < -0.4 is 14.2 Å². The van der Waals surface area contributed by atoms with Gasteiger partial charge in [0.1, 0.15) is 11.4 Å². The number of ketones is 1. The van der Waals surface area contributed by atoms with Gasteiger partial charge in [-0.3, -0.25) is 4.79 Å². The summed E-state index contributed by atoms with van der Waals surface area (Å²) in [6.07, 6.45) is 4.64. The molecule has 4 atom stereocenters. The molecule has 1 saturated carbocycles. The zero-order valence-electron chi connectivity index (χ0n) is 15.4.